The lowest BCUT2D eigenvalue weighted by molar-refractivity contribution is -0.139. The van der Waals surface area contributed by atoms with Crippen molar-refractivity contribution in [3.05, 3.63) is 94.6 Å². The number of esters is 1. The average molecular weight is 541 g/mol. The molecular formula is C26H25BrN2O4S. The average Bonchev–Trinajstić information content (AvgIpc) is 3.10. The zero-order chi connectivity index (χ0) is 24.4. The number of hydrogen-bond acceptors (Lipinski definition) is 6. The number of thiazole rings is 1. The summed E-state index contributed by atoms with van der Waals surface area (Å²) in [5, 5.41) is 0. The number of benzene rings is 2. The second kappa shape index (κ2) is 10.1. The minimum Gasteiger partial charge on any atom is -0.493 e. The van der Waals surface area contributed by atoms with Crippen LogP contribution in [0.1, 0.15) is 43.5 Å². The first-order valence-electron chi connectivity index (χ1n) is 11.0. The van der Waals surface area contributed by atoms with Crippen LogP contribution in [0.25, 0.3) is 6.08 Å². The van der Waals surface area contributed by atoms with E-state index in [4.69, 9.17) is 9.47 Å². The molecule has 0 unspecified atom stereocenters. The highest BCUT2D eigenvalue weighted by Crippen LogP contribution is 2.31. The van der Waals surface area contributed by atoms with E-state index >= 15 is 0 Å². The van der Waals surface area contributed by atoms with E-state index in [1.54, 1.807) is 18.4 Å². The molecule has 1 aromatic heterocycles. The number of ether oxygens (including phenoxy) is 2. The summed E-state index contributed by atoms with van der Waals surface area (Å²) in [7, 11) is 0. The number of aromatic nitrogens is 1. The Morgan fingerprint density at radius 1 is 1.15 bits per heavy atom. The van der Waals surface area contributed by atoms with Gasteiger partial charge in [0, 0.05) is 0 Å². The Morgan fingerprint density at radius 3 is 2.53 bits per heavy atom. The molecule has 4 rings (SSSR count). The first kappa shape index (κ1) is 24.2. The third kappa shape index (κ3) is 4.65. The summed E-state index contributed by atoms with van der Waals surface area (Å²) in [6.07, 6.45) is 1.83. The van der Waals surface area contributed by atoms with Gasteiger partial charge >= 0.3 is 5.97 Å². The number of hydrogen-bond donors (Lipinski definition) is 0. The first-order chi connectivity index (χ1) is 16.3. The van der Waals surface area contributed by atoms with E-state index in [0.717, 1.165) is 26.9 Å². The van der Waals surface area contributed by atoms with Crippen molar-refractivity contribution >= 4 is 39.3 Å². The number of rotatable bonds is 6. The summed E-state index contributed by atoms with van der Waals surface area (Å²) in [4.78, 5) is 31.7. The predicted octanol–water partition coefficient (Wildman–Crippen LogP) is 4.27. The molecule has 0 saturated heterocycles. The van der Waals surface area contributed by atoms with Crippen LogP contribution in [0, 0.1) is 6.92 Å². The van der Waals surface area contributed by atoms with Crippen LogP contribution in [-0.2, 0) is 9.53 Å². The van der Waals surface area contributed by atoms with Crippen LogP contribution in [0.15, 0.2) is 68.0 Å². The molecule has 176 valence electrons. The van der Waals surface area contributed by atoms with Gasteiger partial charge in [-0.15, -0.1) is 0 Å². The molecule has 0 spiro atoms. The molecule has 0 aliphatic carbocycles. The lowest BCUT2D eigenvalue weighted by Gasteiger charge is -2.24. The Kier molecular flexibility index (Phi) is 7.19. The van der Waals surface area contributed by atoms with Gasteiger partial charge in [-0.2, -0.15) is 0 Å². The van der Waals surface area contributed by atoms with Crippen LogP contribution in [-0.4, -0.2) is 23.8 Å². The Hall–Kier alpha value is -2.97. The van der Waals surface area contributed by atoms with E-state index in [-0.39, 0.29) is 12.2 Å². The lowest BCUT2D eigenvalue weighted by Crippen LogP contribution is -2.39. The van der Waals surface area contributed by atoms with Gasteiger partial charge in [-0.25, -0.2) is 9.79 Å². The van der Waals surface area contributed by atoms with E-state index in [1.165, 1.54) is 11.3 Å². The normalized spacial score (nSPS) is 15.7. The number of carbonyl (C=O) groups is 1. The minimum atomic E-state index is -0.606. The van der Waals surface area contributed by atoms with E-state index in [0.29, 0.717) is 27.2 Å². The molecule has 0 saturated carbocycles. The molecular weight excluding hydrogens is 516 g/mol. The lowest BCUT2D eigenvalue weighted by atomic mass is 9.95. The summed E-state index contributed by atoms with van der Waals surface area (Å²) >= 11 is 4.83. The van der Waals surface area contributed by atoms with E-state index < -0.39 is 12.0 Å². The van der Waals surface area contributed by atoms with Crippen LogP contribution >= 0.6 is 27.3 Å². The maximum absolute atomic E-state index is 13.6. The standard InChI is InChI=1S/C26H25BrN2O4S/c1-5-32-20-12-9-17(13-19(20)27)14-21-24(30)29-23(18-10-7-15(3)8-11-18)22(25(31)33-6-2)16(4)28-26(29)34-21/h7-14,23H,5-6H2,1-4H3/b21-14+/t23-/m1/s1. The highest BCUT2D eigenvalue weighted by atomic mass is 79.9. The Morgan fingerprint density at radius 2 is 1.88 bits per heavy atom. The fourth-order valence-electron chi connectivity index (χ4n) is 3.89. The number of nitrogens with zero attached hydrogens (tertiary/aromatic N) is 2. The molecule has 3 aromatic rings. The van der Waals surface area contributed by atoms with Crippen molar-refractivity contribution in [1.82, 2.24) is 4.57 Å². The van der Waals surface area contributed by atoms with Gasteiger partial charge < -0.3 is 9.47 Å². The molecule has 0 amide bonds. The van der Waals surface area contributed by atoms with E-state index in [9.17, 15) is 9.59 Å². The van der Waals surface area contributed by atoms with Crippen molar-refractivity contribution in [2.24, 2.45) is 4.99 Å². The molecule has 0 N–H and O–H groups in total. The number of aryl methyl sites for hydroxylation is 1. The SMILES string of the molecule is CCOC(=O)C1=C(C)N=c2s/c(=C/c3ccc(OCC)c(Br)c3)c(=O)n2[C@@H]1c1ccc(C)cc1. The van der Waals surface area contributed by atoms with Crippen LogP contribution < -0.4 is 19.6 Å². The topological polar surface area (TPSA) is 69.9 Å². The quantitative estimate of drug-likeness (QED) is 0.438. The summed E-state index contributed by atoms with van der Waals surface area (Å²) in [6.45, 7) is 8.29. The second-order valence-corrected chi connectivity index (χ2v) is 9.70. The number of halogens is 1. The maximum Gasteiger partial charge on any atom is 0.338 e. The summed E-state index contributed by atoms with van der Waals surface area (Å²) < 4.78 is 13.9. The van der Waals surface area contributed by atoms with Gasteiger partial charge in [0.2, 0.25) is 0 Å². The van der Waals surface area contributed by atoms with Crippen molar-refractivity contribution in [2.75, 3.05) is 13.2 Å². The van der Waals surface area contributed by atoms with Gasteiger partial charge in [-0.3, -0.25) is 9.36 Å². The van der Waals surface area contributed by atoms with Gasteiger partial charge in [0.25, 0.3) is 5.56 Å². The molecule has 1 aliphatic heterocycles. The van der Waals surface area contributed by atoms with Gasteiger partial charge in [-0.05, 0) is 73.0 Å². The van der Waals surface area contributed by atoms with Crippen molar-refractivity contribution in [2.45, 2.75) is 33.7 Å². The third-order valence-electron chi connectivity index (χ3n) is 5.46. The Labute approximate surface area is 210 Å². The van der Waals surface area contributed by atoms with Gasteiger partial charge in [0.1, 0.15) is 5.75 Å². The molecule has 8 heteroatoms. The van der Waals surface area contributed by atoms with E-state index in [2.05, 4.69) is 20.9 Å². The Bertz CT molecular complexity index is 1450. The number of carbonyl (C=O) groups excluding carboxylic acids is 1. The zero-order valence-corrected chi connectivity index (χ0v) is 21.8. The third-order valence-corrected chi connectivity index (χ3v) is 7.07. The molecule has 2 heterocycles. The largest absolute Gasteiger partial charge is 0.493 e. The maximum atomic E-state index is 13.6. The summed E-state index contributed by atoms with van der Waals surface area (Å²) in [5.74, 6) is 0.286. The molecule has 1 atom stereocenters. The molecule has 0 bridgehead atoms. The van der Waals surface area contributed by atoms with Crippen molar-refractivity contribution in [3.63, 3.8) is 0 Å². The van der Waals surface area contributed by atoms with Gasteiger partial charge in [0.15, 0.2) is 4.80 Å². The zero-order valence-electron chi connectivity index (χ0n) is 19.4. The number of fused-ring (bicyclic) bond motifs is 1. The molecule has 2 aromatic carbocycles. The van der Waals surface area contributed by atoms with Crippen molar-refractivity contribution in [1.29, 1.82) is 0 Å². The summed E-state index contributed by atoms with van der Waals surface area (Å²) in [6, 6.07) is 12.9. The second-order valence-electron chi connectivity index (χ2n) is 7.84. The highest BCUT2D eigenvalue weighted by molar-refractivity contribution is 9.10. The molecule has 0 radical (unpaired) electrons. The number of allylic oxidation sites excluding steroid dienone is 1. The molecule has 34 heavy (non-hydrogen) atoms. The van der Waals surface area contributed by atoms with Crippen molar-refractivity contribution in [3.8, 4) is 5.75 Å². The van der Waals surface area contributed by atoms with Gasteiger partial charge in [0.05, 0.1) is 39.5 Å². The molecule has 1 aliphatic rings. The molecule has 0 fully saturated rings. The van der Waals surface area contributed by atoms with Crippen LogP contribution in [0.5, 0.6) is 5.75 Å². The molecule has 6 nitrogen and oxygen atoms in total. The predicted molar refractivity (Wildman–Crippen MR) is 137 cm³/mol. The highest BCUT2D eigenvalue weighted by Gasteiger charge is 2.33. The first-order valence-corrected chi connectivity index (χ1v) is 12.6. The van der Waals surface area contributed by atoms with Crippen LogP contribution in [0.4, 0.5) is 0 Å². The van der Waals surface area contributed by atoms with Crippen LogP contribution in [0.2, 0.25) is 0 Å². The van der Waals surface area contributed by atoms with Crippen molar-refractivity contribution < 1.29 is 14.3 Å². The monoisotopic (exact) mass is 540 g/mol. The summed E-state index contributed by atoms with van der Waals surface area (Å²) in [5.41, 5.74) is 3.52. The van der Waals surface area contributed by atoms with Crippen LogP contribution in [0.3, 0.4) is 0 Å². The van der Waals surface area contributed by atoms with Gasteiger partial charge in [-0.1, -0.05) is 47.2 Å². The smallest absolute Gasteiger partial charge is 0.338 e. The Balaban J connectivity index is 1.89. The van der Waals surface area contributed by atoms with E-state index in [1.807, 2.05) is 62.4 Å². The minimum absolute atomic E-state index is 0.200. The fourth-order valence-corrected chi connectivity index (χ4v) is 5.44. The fraction of sp³-hybridized carbons (Fsp3) is 0.269.